The smallest absolute Gasteiger partial charge is 0.242 e. The fourth-order valence-electron chi connectivity index (χ4n) is 3.42. The van der Waals surface area contributed by atoms with Gasteiger partial charge in [0.15, 0.2) is 0 Å². The first kappa shape index (κ1) is 15.2. The third-order valence-electron chi connectivity index (χ3n) is 4.44. The molecule has 0 spiro atoms. The first-order valence-electron chi connectivity index (χ1n) is 8.09. The van der Waals surface area contributed by atoms with Crippen LogP contribution < -0.4 is 10.1 Å². The van der Waals surface area contributed by atoms with Crippen LogP contribution >= 0.6 is 11.6 Å². The van der Waals surface area contributed by atoms with E-state index >= 15 is 0 Å². The second-order valence-electron chi connectivity index (χ2n) is 6.05. The molecule has 1 aliphatic rings. The van der Waals surface area contributed by atoms with Crippen LogP contribution in [0.2, 0.25) is 5.02 Å². The Balaban J connectivity index is 1.86. The Hall–Kier alpha value is -2.36. The lowest BCUT2D eigenvalue weighted by atomic mass is 10.1. The van der Waals surface area contributed by atoms with Gasteiger partial charge in [-0.25, -0.2) is 0 Å². The summed E-state index contributed by atoms with van der Waals surface area (Å²) < 4.78 is 4.47. The molecule has 1 aliphatic heterocycles. The van der Waals surface area contributed by atoms with E-state index in [-0.39, 0.29) is 0 Å². The molecule has 0 atom stereocenters. The number of aryl methyl sites for hydroxylation is 1. The predicted molar refractivity (Wildman–Crippen MR) is 99.8 cm³/mol. The fraction of sp³-hybridized carbons (Fsp3) is 0.150. The lowest BCUT2D eigenvalue weighted by Gasteiger charge is -1.93. The molecule has 0 radical (unpaired) electrons. The topological polar surface area (TPSA) is 36.3 Å². The molecular weight excluding hydrogens is 318 g/mol. The molecular formula is C20H19ClN3+. The number of nitrogens with two attached hydrogens (primary N) is 1. The number of hydrogen-bond acceptors (Lipinski definition) is 1. The Bertz CT molecular complexity index is 1020. The Morgan fingerprint density at radius 3 is 2.75 bits per heavy atom. The van der Waals surface area contributed by atoms with Crippen LogP contribution in [0.5, 0.6) is 0 Å². The Morgan fingerprint density at radius 1 is 1.21 bits per heavy atom. The molecule has 0 unspecified atom stereocenters. The quantitative estimate of drug-likeness (QED) is 0.726. The SMILES string of the molecule is Cc1cc(C=Cc2ccc(Cl)cc2)n2c1c(CCN)c1[n+]2=CC=C1. The molecule has 0 aliphatic carbocycles. The molecule has 120 valence electrons. The van der Waals surface area contributed by atoms with E-state index in [2.05, 4.69) is 52.4 Å². The third-order valence-corrected chi connectivity index (χ3v) is 4.70. The second kappa shape index (κ2) is 5.93. The van der Waals surface area contributed by atoms with Crippen LogP contribution in [0.4, 0.5) is 0 Å². The molecule has 3 aromatic rings. The summed E-state index contributed by atoms with van der Waals surface area (Å²) in [5.41, 5.74) is 13.2. The van der Waals surface area contributed by atoms with E-state index in [4.69, 9.17) is 17.3 Å². The molecule has 0 fully saturated rings. The molecule has 0 saturated heterocycles. The van der Waals surface area contributed by atoms with Gasteiger partial charge in [-0.3, -0.25) is 0 Å². The summed E-state index contributed by atoms with van der Waals surface area (Å²) in [6.07, 6.45) is 11.5. The molecule has 1 aromatic carbocycles. The minimum absolute atomic E-state index is 0.654. The standard InChI is InChI=1S/C20H19ClN3/c1-14-13-17(9-6-15-4-7-16(21)8-5-15)24-20(14)18(10-11-22)19-3-2-12-23(19)24/h2-9,12-13H,10-11,22H2,1H3/q+1. The van der Waals surface area contributed by atoms with Crippen molar-refractivity contribution in [1.29, 1.82) is 0 Å². The van der Waals surface area contributed by atoms with E-state index in [1.807, 2.05) is 24.3 Å². The zero-order valence-electron chi connectivity index (χ0n) is 13.5. The average Bonchev–Trinajstić information content (AvgIpc) is 3.22. The molecule has 24 heavy (non-hydrogen) atoms. The molecule has 3 heterocycles. The van der Waals surface area contributed by atoms with Crippen LogP contribution in [0.3, 0.4) is 0 Å². The molecule has 2 N–H and O–H groups in total. The monoisotopic (exact) mass is 336 g/mol. The van der Waals surface area contributed by atoms with Gasteiger partial charge in [0, 0.05) is 17.2 Å². The maximum Gasteiger partial charge on any atom is 0.242 e. The van der Waals surface area contributed by atoms with Gasteiger partial charge in [-0.15, -0.1) is 4.52 Å². The summed E-state index contributed by atoms with van der Waals surface area (Å²) in [6.45, 7) is 2.81. The van der Waals surface area contributed by atoms with E-state index in [1.165, 1.54) is 22.3 Å². The molecule has 0 bridgehead atoms. The highest BCUT2D eigenvalue weighted by molar-refractivity contribution is 6.30. The third kappa shape index (κ3) is 2.37. The number of halogens is 1. The molecule has 4 heteroatoms. The Kier molecular flexibility index (Phi) is 3.75. The minimum Gasteiger partial charge on any atom is -0.330 e. The lowest BCUT2D eigenvalue weighted by molar-refractivity contribution is -0.583. The van der Waals surface area contributed by atoms with Crippen molar-refractivity contribution < 1.29 is 4.36 Å². The highest BCUT2D eigenvalue weighted by atomic mass is 35.5. The van der Waals surface area contributed by atoms with Gasteiger partial charge in [0.25, 0.3) is 0 Å². The van der Waals surface area contributed by atoms with E-state index in [9.17, 15) is 0 Å². The van der Waals surface area contributed by atoms with Gasteiger partial charge in [0.05, 0.1) is 5.56 Å². The number of aromatic nitrogens is 2. The van der Waals surface area contributed by atoms with Crippen LogP contribution in [0, 0.1) is 13.1 Å². The van der Waals surface area contributed by atoms with Crippen LogP contribution in [0.1, 0.15) is 28.1 Å². The average molecular weight is 337 g/mol. The second-order valence-corrected chi connectivity index (χ2v) is 6.49. The summed E-state index contributed by atoms with van der Waals surface area (Å²) in [5, 5.41) is 0.754. The van der Waals surface area contributed by atoms with Crippen molar-refractivity contribution in [3.8, 4) is 0 Å². The summed E-state index contributed by atoms with van der Waals surface area (Å²) in [7, 11) is 0. The maximum absolute atomic E-state index is 5.95. The van der Waals surface area contributed by atoms with Crippen molar-refractivity contribution in [1.82, 2.24) is 4.52 Å². The van der Waals surface area contributed by atoms with Gasteiger partial charge in [-0.05, 0) is 55.3 Å². The normalized spacial score (nSPS) is 13.1. The predicted octanol–water partition coefficient (Wildman–Crippen LogP) is 3.62. The van der Waals surface area contributed by atoms with Crippen molar-refractivity contribution >= 4 is 35.3 Å². The van der Waals surface area contributed by atoms with Gasteiger partial charge < -0.3 is 5.73 Å². The van der Waals surface area contributed by atoms with E-state index in [1.54, 1.807) is 0 Å². The first-order chi connectivity index (χ1) is 11.7. The van der Waals surface area contributed by atoms with Gasteiger partial charge >= 0.3 is 0 Å². The van der Waals surface area contributed by atoms with Crippen LogP contribution in [-0.2, 0) is 6.42 Å². The fourth-order valence-corrected chi connectivity index (χ4v) is 3.54. The summed E-state index contributed by atoms with van der Waals surface area (Å²) in [4.78, 5) is 0. The van der Waals surface area contributed by atoms with E-state index in [0.29, 0.717) is 6.54 Å². The Morgan fingerprint density at radius 2 is 2.00 bits per heavy atom. The van der Waals surface area contributed by atoms with Crippen LogP contribution in [0.25, 0.3) is 23.7 Å². The number of allylic oxidation sites excluding steroid dienone is 1. The zero-order valence-corrected chi connectivity index (χ0v) is 14.3. The van der Waals surface area contributed by atoms with Crippen LogP contribution in [0.15, 0.2) is 36.4 Å². The molecule has 0 amide bonds. The summed E-state index contributed by atoms with van der Waals surface area (Å²) >= 11 is 5.95. The van der Waals surface area contributed by atoms with Gasteiger partial charge in [0.1, 0.15) is 11.2 Å². The van der Waals surface area contributed by atoms with Crippen molar-refractivity contribution in [3.05, 3.63) is 75.7 Å². The van der Waals surface area contributed by atoms with Crippen molar-refractivity contribution in [2.24, 2.45) is 5.73 Å². The molecule has 2 aromatic heterocycles. The largest absolute Gasteiger partial charge is 0.330 e. The van der Waals surface area contributed by atoms with Gasteiger partial charge in [0.2, 0.25) is 11.9 Å². The summed E-state index contributed by atoms with van der Waals surface area (Å²) in [5.74, 6) is 0. The van der Waals surface area contributed by atoms with Crippen molar-refractivity contribution in [2.45, 2.75) is 13.3 Å². The number of benzene rings is 1. The maximum atomic E-state index is 5.95. The number of nitrogens with zero attached hydrogens (tertiary/aromatic N) is 2. The van der Waals surface area contributed by atoms with Gasteiger partial charge in [-0.1, -0.05) is 34.2 Å². The molecule has 0 saturated carbocycles. The highest BCUT2D eigenvalue weighted by Crippen LogP contribution is 2.25. The number of hydrogen-bond donors (Lipinski definition) is 1. The number of fused-ring (bicyclic) bond motifs is 3. The van der Waals surface area contributed by atoms with E-state index in [0.717, 1.165) is 22.7 Å². The first-order valence-corrected chi connectivity index (χ1v) is 8.47. The molecule has 4 rings (SSSR count). The number of rotatable bonds is 4. The van der Waals surface area contributed by atoms with Crippen LogP contribution in [-0.4, -0.2) is 11.1 Å². The Labute approximate surface area is 146 Å². The lowest BCUT2D eigenvalue weighted by Crippen LogP contribution is -2.24. The molecule has 3 nitrogen and oxygen atoms in total. The highest BCUT2D eigenvalue weighted by Gasteiger charge is 2.25. The minimum atomic E-state index is 0.654. The van der Waals surface area contributed by atoms with Crippen molar-refractivity contribution in [3.63, 3.8) is 0 Å². The summed E-state index contributed by atoms with van der Waals surface area (Å²) in [6, 6.07) is 10.1. The van der Waals surface area contributed by atoms with Gasteiger partial charge in [-0.2, -0.15) is 0 Å². The zero-order chi connectivity index (χ0) is 16.7. The van der Waals surface area contributed by atoms with Crippen molar-refractivity contribution in [2.75, 3.05) is 6.54 Å². The van der Waals surface area contributed by atoms with E-state index < -0.39 is 0 Å².